The van der Waals surface area contributed by atoms with E-state index in [1.807, 2.05) is 14.2 Å². The van der Waals surface area contributed by atoms with Gasteiger partial charge in [0.15, 0.2) is 0 Å². The molecule has 4 aliphatic carbocycles. The number of ketones is 2. The molecular weight excluding hydrogens is 464 g/mol. The summed E-state index contributed by atoms with van der Waals surface area (Å²) in [5.41, 5.74) is 13.0. The summed E-state index contributed by atoms with van der Waals surface area (Å²) in [5.74, 6) is 2.69. The first-order valence-corrected chi connectivity index (χ1v) is 13.7. The summed E-state index contributed by atoms with van der Waals surface area (Å²) < 4.78 is 12.1. The van der Waals surface area contributed by atoms with Gasteiger partial charge in [0, 0.05) is 5.92 Å². The Morgan fingerprint density at radius 2 is 1.24 bits per heavy atom. The zero-order chi connectivity index (χ0) is 25.4. The predicted octanol–water partition coefficient (Wildman–Crippen LogP) is 8.44. The number of rotatable bonds is 1. The molecule has 1 unspecified atom stereocenters. The van der Waals surface area contributed by atoms with Crippen LogP contribution >= 0.6 is 0 Å². The van der Waals surface area contributed by atoms with E-state index in [0.717, 1.165) is 37.2 Å². The molecule has 184 valence electrons. The van der Waals surface area contributed by atoms with Crippen LogP contribution in [0.4, 0.5) is 0 Å². The Bertz CT molecular complexity index is 1860. The van der Waals surface area contributed by atoms with Crippen molar-refractivity contribution in [3.8, 4) is 0 Å². The minimum Gasteiger partial charge on any atom is -0.261 e. The second-order valence-electron chi connectivity index (χ2n) is 11.0. The molecular formula is C36H30O2+2. The standard InChI is InChI=1S/C36H30O2/c1-37-33-19-24-17-23(18-31(24)30-14-12-22-8-4-6-10-27(22)36(30)33)25-15-16-28-29-13-11-21-7-3-5-9-26(21)35(29)34(38-2)20-32(25)28/h3-14,17,25H,15-16,18-20H2,1-2H3/q+2. The highest BCUT2D eigenvalue weighted by atomic mass is 16.4. The van der Waals surface area contributed by atoms with E-state index in [1.165, 1.54) is 61.4 Å². The molecule has 0 aliphatic heterocycles. The molecule has 0 amide bonds. The Kier molecular flexibility index (Phi) is 4.76. The van der Waals surface area contributed by atoms with Crippen LogP contribution in [0.5, 0.6) is 0 Å². The molecule has 0 spiro atoms. The second kappa shape index (κ2) is 8.23. The molecule has 0 fully saturated rings. The summed E-state index contributed by atoms with van der Waals surface area (Å²) in [4.78, 5) is 0. The lowest BCUT2D eigenvalue weighted by atomic mass is 9.79. The molecule has 2 nitrogen and oxygen atoms in total. The van der Waals surface area contributed by atoms with E-state index in [9.17, 15) is 0 Å². The summed E-state index contributed by atoms with van der Waals surface area (Å²) in [6.45, 7) is 0. The van der Waals surface area contributed by atoms with Crippen molar-refractivity contribution in [1.82, 2.24) is 0 Å². The van der Waals surface area contributed by atoms with Crippen LogP contribution in [0.2, 0.25) is 0 Å². The molecule has 0 aromatic heterocycles. The van der Waals surface area contributed by atoms with Crippen molar-refractivity contribution < 1.29 is 8.85 Å². The van der Waals surface area contributed by atoms with Crippen molar-refractivity contribution in [3.63, 3.8) is 0 Å². The summed E-state index contributed by atoms with van der Waals surface area (Å²) >= 11 is 0. The molecule has 2 heteroatoms. The first kappa shape index (κ1) is 22.0. The first-order chi connectivity index (χ1) is 18.7. The smallest absolute Gasteiger partial charge is 0.261 e. The van der Waals surface area contributed by atoms with Gasteiger partial charge in [0.25, 0.3) is 14.2 Å². The van der Waals surface area contributed by atoms with Gasteiger partial charge in [0.2, 0.25) is 0 Å². The van der Waals surface area contributed by atoms with Gasteiger partial charge >= 0.3 is 11.6 Å². The van der Waals surface area contributed by atoms with Gasteiger partial charge in [0.05, 0.1) is 24.0 Å². The van der Waals surface area contributed by atoms with E-state index in [2.05, 4.69) is 78.9 Å². The maximum absolute atomic E-state index is 6.09. The topological polar surface area (TPSA) is 22.6 Å². The Balaban J connectivity index is 1.21. The SMILES string of the molecule is C[O+]=C1CC2=C(CC(C3CCC4=C3CC(=[O+]C)c3c4ccc4ccccc34)=C2)c2ccc3ccccc3c21. The lowest BCUT2D eigenvalue weighted by Gasteiger charge is -2.22. The van der Waals surface area contributed by atoms with Gasteiger partial charge < -0.3 is 0 Å². The van der Waals surface area contributed by atoms with Crippen molar-refractivity contribution in [2.45, 2.75) is 32.1 Å². The van der Waals surface area contributed by atoms with Gasteiger partial charge in [-0.15, -0.1) is 0 Å². The number of hydrogen-bond donors (Lipinski definition) is 0. The highest BCUT2D eigenvalue weighted by Gasteiger charge is 2.41. The third kappa shape index (κ3) is 3.01. The molecule has 4 aliphatic rings. The molecule has 4 aromatic rings. The van der Waals surface area contributed by atoms with Crippen LogP contribution in [0, 0.1) is 5.92 Å². The number of fused-ring (bicyclic) bond motifs is 8. The highest BCUT2D eigenvalue weighted by Crippen LogP contribution is 2.53. The third-order valence-electron chi connectivity index (χ3n) is 9.33. The Labute approximate surface area is 223 Å². The number of benzene rings is 4. The fourth-order valence-electron chi connectivity index (χ4n) is 7.63. The third-order valence-corrected chi connectivity index (χ3v) is 9.33. The average molecular weight is 495 g/mol. The van der Waals surface area contributed by atoms with Gasteiger partial charge in [-0.05, 0) is 74.2 Å². The van der Waals surface area contributed by atoms with Crippen LogP contribution in [-0.4, -0.2) is 25.8 Å². The van der Waals surface area contributed by atoms with E-state index in [1.54, 1.807) is 16.7 Å². The van der Waals surface area contributed by atoms with Crippen LogP contribution in [0.1, 0.15) is 63.2 Å². The van der Waals surface area contributed by atoms with Crippen LogP contribution in [-0.2, 0) is 0 Å². The quantitative estimate of drug-likeness (QED) is 0.237. The maximum Gasteiger partial charge on any atom is 0.331 e. The molecule has 0 radical (unpaired) electrons. The first-order valence-electron chi connectivity index (χ1n) is 13.7. The summed E-state index contributed by atoms with van der Waals surface area (Å²) in [5, 5.41) is 5.16. The molecule has 38 heavy (non-hydrogen) atoms. The average Bonchev–Trinajstić information content (AvgIpc) is 3.60. The van der Waals surface area contributed by atoms with Gasteiger partial charge in [0.1, 0.15) is 0 Å². The molecule has 8 rings (SSSR count). The zero-order valence-corrected chi connectivity index (χ0v) is 21.9. The molecule has 0 saturated heterocycles. The molecule has 4 aromatic carbocycles. The second-order valence-corrected chi connectivity index (χ2v) is 11.0. The lowest BCUT2D eigenvalue weighted by Crippen LogP contribution is -2.16. The van der Waals surface area contributed by atoms with Crippen LogP contribution in [0.25, 0.3) is 32.7 Å². The molecule has 0 N–H and O–H groups in total. The van der Waals surface area contributed by atoms with Crippen molar-refractivity contribution in [2.24, 2.45) is 5.92 Å². The van der Waals surface area contributed by atoms with Gasteiger partial charge in [-0.3, -0.25) is 8.85 Å². The van der Waals surface area contributed by atoms with E-state index in [0.29, 0.717) is 5.92 Å². The monoisotopic (exact) mass is 494 g/mol. The van der Waals surface area contributed by atoms with Crippen LogP contribution in [0.15, 0.2) is 95.6 Å². The van der Waals surface area contributed by atoms with Gasteiger partial charge in [-0.25, -0.2) is 0 Å². The Hall–Kier alpha value is -4.04. The fourth-order valence-corrected chi connectivity index (χ4v) is 7.63. The minimum absolute atomic E-state index is 0.482. The van der Waals surface area contributed by atoms with E-state index < -0.39 is 0 Å². The number of allylic oxidation sites excluding steroid dienone is 6. The van der Waals surface area contributed by atoms with Crippen molar-refractivity contribution in [2.75, 3.05) is 14.2 Å². The maximum atomic E-state index is 6.09. The summed E-state index contributed by atoms with van der Waals surface area (Å²) in [6.07, 6.45) is 7.66. The Morgan fingerprint density at radius 3 is 1.89 bits per heavy atom. The van der Waals surface area contributed by atoms with E-state index in [-0.39, 0.29) is 0 Å². The van der Waals surface area contributed by atoms with Crippen molar-refractivity contribution >= 4 is 44.3 Å². The summed E-state index contributed by atoms with van der Waals surface area (Å²) in [7, 11) is 3.67. The van der Waals surface area contributed by atoms with Gasteiger partial charge in [-0.1, -0.05) is 84.4 Å². The molecule has 0 heterocycles. The number of carbonyl (C=O) groups excluding carboxylic acids is 2. The summed E-state index contributed by atoms with van der Waals surface area (Å²) in [6, 6.07) is 26.6. The largest absolute Gasteiger partial charge is 0.331 e. The normalized spacial score (nSPS) is 22.3. The molecule has 1 atom stereocenters. The zero-order valence-electron chi connectivity index (χ0n) is 21.9. The van der Waals surface area contributed by atoms with Gasteiger partial charge in [-0.2, -0.15) is 0 Å². The van der Waals surface area contributed by atoms with Crippen molar-refractivity contribution in [1.29, 1.82) is 0 Å². The molecule has 0 saturated carbocycles. The fraction of sp³-hybridized carbons (Fsp3) is 0.222. The molecule has 0 bridgehead atoms. The van der Waals surface area contributed by atoms with E-state index >= 15 is 0 Å². The van der Waals surface area contributed by atoms with Crippen molar-refractivity contribution in [3.05, 3.63) is 118 Å². The minimum atomic E-state index is 0.482. The van der Waals surface area contributed by atoms with Crippen LogP contribution in [0.3, 0.4) is 0 Å². The highest BCUT2D eigenvalue weighted by molar-refractivity contribution is 6.17. The Morgan fingerprint density at radius 1 is 0.632 bits per heavy atom. The van der Waals surface area contributed by atoms with Crippen LogP contribution < -0.4 is 0 Å². The predicted molar refractivity (Wildman–Crippen MR) is 157 cm³/mol. The number of hydrogen-bond acceptors (Lipinski definition) is 0. The lowest BCUT2D eigenvalue weighted by molar-refractivity contribution is -0.225. The van der Waals surface area contributed by atoms with E-state index in [4.69, 9.17) is 8.85 Å².